The molecule has 4 aromatic carbocycles. The second-order valence-corrected chi connectivity index (χ2v) is 10.6. The highest BCUT2D eigenvalue weighted by molar-refractivity contribution is 7.89. The summed E-state index contributed by atoms with van der Waals surface area (Å²) in [5.74, 6) is -0.970. The highest BCUT2D eigenvalue weighted by atomic mass is 32.2. The molecular formula is C27H22N6O6S. The monoisotopic (exact) mass is 558 g/mol. The summed E-state index contributed by atoms with van der Waals surface area (Å²) in [6.07, 6.45) is 0. The van der Waals surface area contributed by atoms with Crippen LogP contribution >= 0.6 is 0 Å². The van der Waals surface area contributed by atoms with E-state index in [1.807, 2.05) is 0 Å². The first-order chi connectivity index (χ1) is 19.1. The van der Waals surface area contributed by atoms with Gasteiger partial charge in [0.15, 0.2) is 5.75 Å². The summed E-state index contributed by atoms with van der Waals surface area (Å²) in [4.78, 5) is 32.1. The predicted molar refractivity (Wildman–Crippen MR) is 146 cm³/mol. The van der Waals surface area contributed by atoms with Gasteiger partial charge in [-0.05, 0) is 55.3 Å². The van der Waals surface area contributed by atoms with Gasteiger partial charge < -0.3 is 15.2 Å². The van der Waals surface area contributed by atoms with Gasteiger partial charge >= 0.3 is 6.03 Å². The normalized spacial score (nSPS) is 12.7. The number of aromatic hydroxyl groups is 1. The number of rotatable bonds is 7. The number of hydrogen-bond donors (Lipinski definition) is 3. The zero-order valence-electron chi connectivity index (χ0n) is 21.5. The van der Waals surface area contributed by atoms with Gasteiger partial charge in [0.05, 0.1) is 29.1 Å². The number of benzene rings is 4. The Hall–Kier alpha value is -5.01. The third-order valence-corrected chi connectivity index (χ3v) is 7.64. The molecule has 3 amide bonds. The van der Waals surface area contributed by atoms with Gasteiger partial charge in [0.25, 0.3) is 5.91 Å². The number of phenols is 1. The van der Waals surface area contributed by atoms with Gasteiger partial charge in [-0.2, -0.15) is 9.98 Å². The highest BCUT2D eigenvalue weighted by Gasteiger charge is 2.21. The molecule has 3 N–H and O–H groups in total. The van der Waals surface area contributed by atoms with Crippen molar-refractivity contribution in [2.45, 2.75) is 11.8 Å². The maximum atomic E-state index is 13.2. The number of fused-ring (bicyclic) bond motifs is 2. The molecule has 0 bridgehead atoms. The lowest BCUT2D eigenvalue weighted by Crippen LogP contribution is -2.23. The number of methoxy groups -OCH3 is 1. The van der Waals surface area contributed by atoms with Crippen LogP contribution in [0.2, 0.25) is 0 Å². The minimum absolute atomic E-state index is 0.0434. The molecule has 1 heterocycles. The summed E-state index contributed by atoms with van der Waals surface area (Å²) < 4.78 is 32.3. The first-order valence-corrected chi connectivity index (χ1v) is 13.3. The van der Waals surface area contributed by atoms with Gasteiger partial charge in [-0.15, -0.1) is 10.2 Å². The Bertz CT molecular complexity index is 1990. The van der Waals surface area contributed by atoms with Crippen molar-refractivity contribution in [3.63, 3.8) is 0 Å². The molecule has 5 rings (SSSR count). The number of carbonyl (C=O) groups excluding carboxylic acids is 2. The zero-order valence-corrected chi connectivity index (χ0v) is 22.3. The van der Waals surface area contributed by atoms with Crippen molar-refractivity contribution < 1.29 is 27.9 Å². The number of azo groups is 1. The molecule has 4 aromatic rings. The molecular weight excluding hydrogens is 536 g/mol. The van der Waals surface area contributed by atoms with Crippen molar-refractivity contribution >= 4 is 49.8 Å². The Morgan fingerprint density at radius 3 is 2.50 bits per heavy atom. The number of nitrogens with zero attached hydrogens (tertiary/aromatic N) is 4. The van der Waals surface area contributed by atoms with Gasteiger partial charge in [0, 0.05) is 17.1 Å². The molecule has 0 saturated heterocycles. The van der Waals surface area contributed by atoms with E-state index in [-0.39, 0.29) is 21.9 Å². The van der Waals surface area contributed by atoms with Crippen LogP contribution in [0.25, 0.3) is 10.8 Å². The molecule has 0 saturated carbocycles. The number of hydrogen-bond acceptors (Lipinski definition) is 8. The summed E-state index contributed by atoms with van der Waals surface area (Å²) in [6, 6.07) is 15.4. The van der Waals surface area contributed by atoms with Crippen LogP contribution in [0, 0.1) is 6.92 Å². The number of amides is 3. The van der Waals surface area contributed by atoms with Gasteiger partial charge in [0.2, 0.25) is 10.0 Å². The Morgan fingerprint density at radius 1 is 1.00 bits per heavy atom. The number of carbonyl (C=O) groups is 2. The fraction of sp³-hybridized carbons (Fsp3) is 0.111. The number of anilines is 1. The Morgan fingerprint density at radius 2 is 1.75 bits per heavy atom. The van der Waals surface area contributed by atoms with Crippen LogP contribution in [0.5, 0.6) is 11.5 Å². The molecule has 202 valence electrons. The highest BCUT2D eigenvalue weighted by Crippen LogP contribution is 2.40. The number of phenolic OH excluding ortho intramolecular Hbond substituents is 1. The van der Waals surface area contributed by atoms with Crippen LogP contribution in [0.3, 0.4) is 0 Å². The molecule has 0 aromatic heterocycles. The largest absolute Gasteiger partial charge is 0.505 e. The van der Waals surface area contributed by atoms with E-state index in [1.54, 1.807) is 43.3 Å². The zero-order chi connectivity index (χ0) is 28.6. The summed E-state index contributed by atoms with van der Waals surface area (Å²) >= 11 is 0. The lowest BCUT2D eigenvalue weighted by Gasteiger charge is -2.12. The minimum atomic E-state index is -3.79. The molecule has 0 fully saturated rings. The number of aryl methyl sites for hydroxylation is 1. The second-order valence-electron chi connectivity index (χ2n) is 8.70. The van der Waals surface area contributed by atoms with Crippen LogP contribution in [-0.2, 0) is 10.0 Å². The molecule has 0 aliphatic carbocycles. The number of urea groups is 1. The first-order valence-electron chi connectivity index (χ1n) is 11.8. The average molecular weight is 559 g/mol. The molecule has 1 aliphatic rings. The van der Waals surface area contributed by atoms with E-state index in [9.17, 15) is 23.1 Å². The lowest BCUT2D eigenvalue weighted by molar-refractivity contribution is 0.102. The SMILES string of the molecule is CNS(=O)(=O)c1cc(C)c(N=Nc2c(O)c(C(=O)Nc3ccc4c(c3)=NC(=O)N=4)cc3ccccc23)cc1OC. The van der Waals surface area contributed by atoms with Gasteiger partial charge in [-0.1, -0.05) is 24.3 Å². The molecule has 0 spiro atoms. The quantitative estimate of drug-likeness (QED) is 0.291. The maximum absolute atomic E-state index is 13.2. The number of nitrogens with one attached hydrogen (secondary N) is 2. The second kappa shape index (κ2) is 10.3. The Labute approximate surface area is 227 Å². The van der Waals surface area contributed by atoms with Crippen molar-refractivity contribution in [1.29, 1.82) is 0 Å². The third kappa shape index (κ3) is 4.90. The molecule has 12 nitrogen and oxygen atoms in total. The Kier molecular flexibility index (Phi) is 6.83. The van der Waals surface area contributed by atoms with E-state index in [4.69, 9.17) is 4.74 Å². The van der Waals surface area contributed by atoms with E-state index < -0.39 is 27.7 Å². The van der Waals surface area contributed by atoms with Gasteiger partial charge in [-0.25, -0.2) is 17.9 Å². The third-order valence-electron chi connectivity index (χ3n) is 6.20. The van der Waals surface area contributed by atoms with E-state index >= 15 is 0 Å². The van der Waals surface area contributed by atoms with Crippen molar-refractivity contribution in [3.05, 3.63) is 82.5 Å². The van der Waals surface area contributed by atoms with E-state index in [1.165, 1.54) is 38.4 Å². The number of ether oxygens (including phenoxy) is 1. The van der Waals surface area contributed by atoms with Crippen LogP contribution in [-0.4, -0.2) is 39.6 Å². The van der Waals surface area contributed by atoms with E-state index in [0.29, 0.717) is 38.4 Å². The Balaban J connectivity index is 1.56. The van der Waals surface area contributed by atoms with Crippen molar-refractivity contribution in [2.24, 2.45) is 20.2 Å². The minimum Gasteiger partial charge on any atom is -0.505 e. The summed E-state index contributed by atoms with van der Waals surface area (Å²) in [7, 11) is -1.16. The van der Waals surface area contributed by atoms with Crippen molar-refractivity contribution in [3.8, 4) is 11.5 Å². The smallest absolute Gasteiger partial charge is 0.368 e. The molecule has 0 unspecified atom stereocenters. The van der Waals surface area contributed by atoms with Gasteiger partial charge in [0.1, 0.15) is 16.3 Å². The van der Waals surface area contributed by atoms with Crippen LogP contribution < -0.4 is 25.5 Å². The average Bonchev–Trinajstić information content (AvgIpc) is 3.31. The predicted octanol–water partition coefficient (Wildman–Crippen LogP) is 3.81. The van der Waals surface area contributed by atoms with Gasteiger partial charge in [-0.3, -0.25) is 4.79 Å². The fourth-order valence-electron chi connectivity index (χ4n) is 4.15. The summed E-state index contributed by atoms with van der Waals surface area (Å²) in [5, 5.41) is 24.3. The molecule has 13 heteroatoms. The standard InChI is InChI=1S/C27H22N6O6S/c1-14-10-23(40(37,38)28-2)22(39-3)13-20(14)32-33-24-17-7-5-4-6-15(17)11-18(25(24)34)26(35)29-16-8-9-19-21(12-16)31-27(36)30-19/h4-13,28,34H,1-3H3,(H,29,35). The van der Waals surface area contributed by atoms with Crippen LogP contribution in [0.15, 0.2) is 85.8 Å². The molecule has 0 radical (unpaired) electrons. The summed E-state index contributed by atoms with van der Waals surface area (Å²) in [5.41, 5.74) is 1.13. The summed E-state index contributed by atoms with van der Waals surface area (Å²) in [6.45, 7) is 1.66. The lowest BCUT2D eigenvalue weighted by atomic mass is 10.0. The molecule has 0 atom stereocenters. The maximum Gasteiger partial charge on any atom is 0.368 e. The van der Waals surface area contributed by atoms with Crippen molar-refractivity contribution in [1.82, 2.24) is 4.72 Å². The van der Waals surface area contributed by atoms with E-state index in [0.717, 1.165) is 0 Å². The number of sulfonamides is 1. The van der Waals surface area contributed by atoms with Crippen LogP contribution in [0.4, 0.5) is 21.9 Å². The fourth-order valence-corrected chi connectivity index (χ4v) is 5.11. The first kappa shape index (κ1) is 26.6. The topological polar surface area (TPSA) is 171 Å². The van der Waals surface area contributed by atoms with E-state index in [2.05, 4.69) is 30.3 Å². The molecule has 1 aliphatic heterocycles. The molecule has 40 heavy (non-hydrogen) atoms. The van der Waals surface area contributed by atoms with Crippen molar-refractivity contribution in [2.75, 3.05) is 19.5 Å². The van der Waals surface area contributed by atoms with Crippen LogP contribution in [0.1, 0.15) is 15.9 Å².